The third-order valence-electron chi connectivity index (χ3n) is 7.86. The van der Waals surface area contributed by atoms with E-state index in [1.807, 2.05) is 19.0 Å². The monoisotopic (exact) mass is 645 g/mol. The van der Waals surface area contributed by atoms with Crippen molar-refractivity contribution in [3.05, 3.63) is 70.5 Å². The highest BCUT2D eigenvalue weighted by Crippen LogP contribution is 2.36. The fraction of sp³-hybridized carbons (Fsp3) is 0.500. The molecule has 2 atom stereocenters. The van der Waals surface area contributed by atoms with Crippen LogP contribution in [0.1, 0.15) is 47.9 Å². The molecule has 2 saturated heterocycles. The molecule has 2 aliphatic heterocycles. The summed E-state index contributed by atoms with van der Waals surface area (Å²) in [6.45, 7) is -0.316. The van der Waals surface area contributed by atoms with Crippen LogP contribution in [0.4, 0.5) is 35.5 Å². The van der Waals surface area contributed by atoms with Crippen molar-refractivity contribution in [2.75, 3.05) is 33.7 Å². The first-order valence-corrected chi connectivity index (χ1v) is 14.4. The zero-order valence-corrected chi connectivity index (χ0v) is 24.7. The van der Waals surface area contributed by atoms with E-state index in [0.29, 0.717) is 18.6 Å². The van der Waals surface area contributed by atoms with E-state index in [1.54, 1.807) is 6.07 Å². The number of piperazine rings is 1. The first kappa shape index (κ1) is 34.0. The number of unbranched alkanes of at least 4 members (excludes halogenated alkanes) is 1. The second-order valence-electron chi connectivity index (χ2n) is 11.4. The van der Waals surface area contributed by atoms with Crippen molar-refractivity contribution in [2.24, 2.45) is 0 Å². The number of hydrogen-bond acceptors (Lipinski definition) is 4. The minimum absolute atomic E-state index is 0.00131. The molecule has 0 bridgehead atoms. The van der Waals surface area contributed by atoms with E-state index >= 15 is 0 Å². The number of nitrogens with one attached hydrogen (secondary N) is 1. The third kappa shape index (κ3) is 8.24. The van der Waals surface area contributed by atoms with Crippen LogP contribution in [0.15, 0.2) is 42.5 Å². The Morgan fingerprint density at radius 2 is 1.62 bits per heavy atom. The van der Waals surface area contributed by atoms with Gasteiger partial charge in [-0.3, -0.25) is 9.59 Å². The Morgan fingerprint density at radius 3 is 2.22 bits per heavy atom. The van der Waals surface area contributed by atoms with Gasteiger partial charge in [0.05, 0.1) is 17.7 Å². The second-order valence-corrected chi connectivity index (χ2v) is 11.4. The molecule has 0 spiro atoms. The molecular weight excluding hydrogens is 611 g/mol. The van der Waals surface area contributed by atoms with E-state index in [9.17, 15) is 45.1 Å². The van der Waals surface area contributed by atoms with Gasteiger partial charge in [-0.1, -0.05) is 18.2 Å². The van der Waals surface area contributed by atoms with E-state index < -0.39 is 65.6 Å². The Bertz CT molecular complexity index is 1370. The van der Waals surface area contributed by atoms with Gasteiger partial charge < -0.3 is 24.9 Å². The molecule has 0 saturated carbocycles. The predicted octanol–water partition coefficient (Wildman–Crippen LogP) is 5.08. The van der Waals surface area contributed by atoms with Crippen molar-refractivity contribution < 1.29 is 45.1 Å². The topological polar surface area (TPSA) is 76.2 Å². The molecule has 2 heterocycles. The number of fused-ring (bicyclic) bond motifs is 1. The Kier molecular flexibility index (Phi) is 10.3. The summed E-state index contributed by atoms with van der Waals surface area (Å²) >= 11 is 0. The van der Waals surface area contributed by atoms with Gasteiger partial charge in [-0.15, -0.1) is 0 Å². The molecule has 2 aromatic carbocycles. The van der Waals surface area contributed by atoms with E-state index in [1.165, 1.54) is 32.9 Å². The highest BCUT2D eigenvalue weighted by molar-refractivity contribution is 5.91. The number of alkyl halides is 6. The molecule has 15 heteroatoms. The van der Waals surface area contributed by atoms with Crippen LogP contribution in [-0.2, 0) is 35.0 Å². The molecule has 2 aliphatic rings. The van der Waals surface area contributed by atoms with Crippen LogP contribution in [0.2, 0.25) is 0 Å². The first-order valence-electron chi connectivity index (χ1n) is 14.4. The number of nitrogens with zero attached hydrogens (tertiary/aromatic N) is 4. The largest absolute Gasteiger partial charge is 0.416 e. The van der Waals surface area contributed by atoms with Gasteiger partial charge in [0.25, 0.3) is 0 Å². The number of carbonyl (C=O) groups excluding carboxylic acids is 3. The highest BCUT2D eigenvalue weighted by Gasteiger charge is 2.48. The Morgan fingerprint density at radius 1 is 0.978 bits per heavy atom. The normalized spacial score (nSPS) is 19.3. The average molecular weight is 646 g/mol. The van der Waals surface area contributed by atoms with Gasteiger partial charge in [-0.2, -0.15) is 26.3 Å². The van der Waals surface area contributed by atoms with Gasteiger partial charge in [0.2, 0.25) is 11.8 Å². The molecule has 0 unspecified atom stereocenters. The maximum Gasteiger partial charge on any atom is 0.416 e. The van der Waals surface area contributed by atoms with Crippen molar-refractivity contribution in [3.8, 4) is 0 Å². The number of rotatable bonds is 9. The first-order chi connectivity index (χ1) is 21.1. The number of halogens is 7. The summed E-state index contributed by atoms with van der Waals surface area (Å²) in [6, 6.07) is 5.15. The third-order valence-corrected chi connectivity index (χ3v) is 7.86. The van der Waals surface area contributed by atoms with Crippen molar-refractivity contribution in [1.29, 1.82) is 0 Å². The lowest BCUT2D eigenvalue weighted by atomic mass is 9.98. The van der Waals surface area contributed by atoms with Crippen LogP contribution in [0.3, 0.4) is 0 Å². The van der Waals surface area contributed by atoms with Gasteiger partial charge in [0.1, 0.15) is 18.0 Å². The molecule has 45 heavy (non-hydrogen) atoms. The fourth-order valence-corrected chi connectivity index (χ4v) is 5.64. The van der Waals surface area contributed by atoms with E-state index in [4.69, 9.17) is 0 Å². The van der Waals surface area contributed by atoms with Gasteiger partial charge in [0, 0.05) is 31.6 Å². The molecule has 1 N–H and O–H groups in total. The molecule has 0 aliphatic carbocycles. The fourth-order valence-electron chi connectivity index (χ4n) is 5.64. The number of amides is 4. The predicted molar refractivity (Wildman–Crippen MR) is 149 cm³/mol. The van der Waals surface area contributed by atoms with E-state index in [-0.39, 0.29) is 50.0 Å². The zero-order valence-electron chi connectivity index (χ0n) is 24.7. The van der Waals surface area contributed by atoms with Gasteiger partial charge in [0.15, 0.2) is 0 Å². The summed E-state index contributed by atoms with van der Waals surface area (Å²) in [5, 5.41) is 2.38. The van der Waals surface area contributed by atoms with E-state index in [0.717, 1.165) is 13.0 Å². The molecule has 4 rings (SSSR count). The van der Waals surface area contributed by atoms with Gasteiger partial charge in [-0.25, -0.2) is 9.18 Å². The standard InChI is InChI=1S/C30H34F7N5O3/c1-39(2)11-6-5-9-24-27(44)40(17-20-7-3-4-8-23(20)31)18-25-41(12-10-26(43)42(24)25)28(45)38-16-19-13-21(29(32,33)34)15-22(14-19)30(35,36)37/h3-4,7-8,13-15,24-25H,5-6,9-12,16-18H2,1-2H3,(H,38,45)/t24-,25+/m0/s1. The summed E-state index contributed by atoms with van der Waals surface area (Å²) < 4.78 is 94.5. The summed E-state index contributed by atoms with van der Waals surface area (Å²) in [5.41, 5.74) is -3.21. The molecule has 0 aromatic heterocycles. The SMILES string of the molecule is CN(C)CCCC[C@H]1C(=O)N(Cc2ccccc2F)C[C@@H]2N(C(=O)NCc3cc(C(F)(F)F)cc(C(F)(F)F)c3)CCC(=O)N21. The van der Waals surface area contributed by atoms with Crippen LogP contribution in [0.5, 0.6) is 0 Å². The minimum Gasteiger partial charge on any atom is -0.334 e. The maximum absolute atomic E-state index is 14.5. The lowest BCUT2D eigenvalue weighted by Gasteiger charge is -2.52. The number of benzene rings is 2. The highest BCUT2D eigenvalue weighted by atomic mass is 19.4. The summed E-state index contributed by atoms with van der Waals surface area (Å²) in [6.07, 6.45) is -9.65. The van der Waals surface area contributed by atoms with Crippen molar-refractivity contribution in [3.63, 3.8) is 0 Å². The average Bonchev–Trinajstić information content (AvgIpc) is 2.95. The van der Waals surface area contributed by atoms with E-state index in [2.05, 4.69) is 5.32 Å². The zero-order chi connectivity index (χ0) is 33.1. The van der Waals surface area contributed by atoms with Crippen LogP contribution in [0, 0.1) is 5.82 Å². The van der Waals surface area contributed by atoms with Gasteiger partial charge in [-0.05, 0) is 69.7 Å². The summed E-state index contributed by atoms with van der Waals surface area (Å²) in [5.74, 6) is -1.31. The van der Waals surface area contributed by atoms with Crippen LogP contribution >= 0.6 is 0 Å². The summed E-state index contributed by atoms with van der Waals surface area (Å²) in [7, 11) is 3.79. The molecule has 4 amide bonds. The van der Waals surface area contributed by atoms with Crippen molar-refractivity contribution in [1.82, 2.24) is 24.9 Å². The van der Waals surface area contributed by atoms with Crippen LogP contribution in [-0.4, -0.2) is 83.4 Å². The Balaban J connectivity index is 1.58. The molecule has 0 radical (unpaired) electrons. The quantitative estimate of drug-likeness (QED) is 0.305. The van der Waals surface area contributed by atoms with Crippen LogP contribution < -0.4 is 5.32 Å². The molecule has 246 valence electrons. The number of hydrogen-bond donors (Lipinski definition) is 1. The molecule has 2 aromatic rings. The maximum atomic E-state index is 14.5. The smallest absolute Gasteiger partial charge is 0.334 e. The minimum atomic E-state index is -5.05. The summed E-state index contributed by atoms with van der Waals surface area (Å²) in [4.78, 5) is 46.2. The molecule has 2 fully saturated rings. The molecule has 8 nitrogen and oxygen atoms in total. The van der Waals surface area contributed by atoms with Crippen molar-refractivity contribution >= 4 is 17.8 Å². The lowest BCUT2D eigenvalue weighted by Crippen LogP contribution is -2.71. The molecular formula is C30H34F7N5O3. The Hall–Kier alpha value is -3.88. The Labute approximate surface area is 255 Å². The number of urea groups is 1. The van der Waals surface area contributed by atoms with Crippen molar-refractivity contribution in [2.45, 2.75) is 63.3 Å². The lowest BCUT2D eigenvalue weighted by molar-refractivity contribution is -0.167. The number of carbonyl (C=O) groups is 3. The second kappa shape index (κ2) is 13.6. The van der Waals surface area contributed by atoms with Crippen LogP contribution in [0.25, 0.3) is 0 Å². The van der Waals surface area contributed by atoms with Gasteiger partial charge >= 0.3 is 18.4 Å².